The zero-order valence-electron chi connectivity index (χ0n) is 12.6. The van der Waals surface area contributed by atoms with E-state index in [-0.39, 0.29) is 12.5 Å². The molecule has 0 aliphatic carbocycles. The normalized spacial score (nSPS) is 17.8. The first-order valence-electron chi connectivity index (χ1n) is 7.60. The van der Waals surface area contributed by atoms with E-state index < -0.39 is 5.97 Å². The van der Waals surface area contributed by atoms with Gasteiger partial charge in [0.05, 0.1) is 18.0 Å². The van der Waals surface area contributed by atoms with Crippen LogP contribution in [0.25, 0.3) is 10.9 Å². The molecule has 116 valence electrons. The monoisotopic (exact) mass is 300 g/mol. The van der Waals surface area contributed by atoms with Crippen LogP contribution in [0.15, 0.2) is 24.3 Å². The second kappa shape index (κ2) is 6.32. The quantitative estimate of drug-likeness (QED) is 0.888. The van der Waals surface area contributed by atoms with E-state index in [1.165, 1.54) is 0 Å². The number of nitrogens with one attached hydrogen (secondary N) is 1. The Labute approximate surface area is 129 Å². The molecule has 2 heterocycles. The molecule has 1 atom stereocenters. The summed E-state index contributed by atoms with van der Waals surface area (Å²) in [5, 5.41) is 13.6. The molecule has 0 radical (unpaired) electrons. The molecule has 5 heteroatoms. The van der Waals surface area contributed by atoms with Crippen molar-refractivity contribution in [2.75, 3.05) is 18.5 Å². The van der Waals surface area contributed by atoms with Crippen LogP contribution >= 0.6 is 0 Å². The molecule has 5 nitrogen and oxygen atoms in total. The Morgan fingerprint density at radius 3 is 3.00 bits per heavy atom. The Balaban J connectivity index is 1.99. The lowest BCUT2D eigenvalue weighted by molar-refractivity contribution is -0.136. The van der Waals surface area contributed by atoms with Crippen molar-refractivity contribution in [3.63, 3.8) is 0 Å². The molecule has 1 aliphatic heterocycles. The molecule has 1 aromatic carbocycles. The highest BCUT2D eigenvalue weighted by Crippen LogP contribution is 2.29. The van der Waals surface area contributed by atoms with Crippen molar-refractivity contribution in [1.29, 1.82) is 0 Å². The van der Waals surface area contributed by atoms with Crippen molar-refractivity contribution in [1.82, 2.24) is 4.98 Å². The third-order valence-corrected chi connectivity index (χ3v) is 4.06. The van der Waals surface area contributed by atoms with Gasteiger partial charge in [0.1, 0.15) is 0 Å². The fourth-order valence-corrected chi connectivity index (χ4v) is 2.96. The molecule has 0 amide bonds. The van der Waals surface area contributed by atoms with Gasteiger partial charge in [0, 0.05) is 35.5 Å². The van der Waals surface area contributed by atoms with E-state index in [0.717, 1.165) is 47.3 Å². The van der Waals surface area contributed by atoms with Gasteiger partial charge in [0.25, 0.3) is 0 Å². The van der Waals surface area contributed by atoms with Crippen molar-refractivity contribution in [2.45, 2.75) is 32.3 Å². The van der Waals surface area contributed by atoms with Crippen LogP contribution in [-0.2, 0) is 16.0 Å². The number of carboxylic acid groups (broad SMARTS) is 1. The van der Waals surface area contributed by atoms with Gasteiger partial charge in [-0.15, -0.1) is 0 Å². The number of anilines is 1. The summed E-state index contributed by atoms with van der Waals surface area (Å²) in [6, 6.07) is 7.81. The maximum Gasteiger partial charge on any atom is 0.307 e. The Bertz CT molecular complexity index is 694. The number of fused-ring (bicyclic) bond motifs is 1. The number of para-hydroxylation sites is 1. The van der Waals surface area contributed by atoms with Gasteiger partial charge in [-0.05, 0) is 25.8 Å². The van der Waals surface area contributed by atoms with Crippen LogP contribution in [0.1, 0.15) is 24.1 Å². The van der Waals surface area contributed by atoms with Gasteiger partial charge in [-0.1, -0.05) is 18.2 Å². The van der Waals surface area contributed by atoms with Crippen LogP contribution < -0.4 is 5.32 Å². The highest BCUT2D eigenvalue weighted by molar-refractivity contribution is 5.94. The highest BCUT2D eigenvalue weighted by Gasteiger charge is 2.19. The number of rotatable bonds is 5. The van der Waals surface area contributed by atoms with Crippen LogP contribution in [0, 0.1) is 6.92 Å². The maximum absolute atomic E-state index is 11.2. The summed E-state index contributed by atoms with van der Waals surface area (Å²) in [4.78, 5) is 15.7. The average Bonchev–Trinajstić information content (AvgIpc) is 3.00. The third-order valence-electron chi connectivity index (χ3n) is 4.06. The van der Waals surface area contributed by atoms with Gasteiger partial charge < -0.3 is 15.2 Å². The van der Waals surface area contributed by atoms with E-state index in [9.17, 15) is 9.90 Å². The fourth-order valence-electron chi connectivity index (χ4n) is 2.96. The SMILES string of the molecule is Cc1nc2ccccc2c(NCC2CCCO2)c1CC(=O)O. The molecule has 1 aromatic heterocycles. The van der Waals surface area contributed by atoms with Gasteiger partial charge in [0.15, 0.2) is 0 Å². The lowest BCUT2D eigenvalue weighted by atomic mass is 10.0. The summed E-state index contributed by atoms with van der Waals surface area (Å²) in [7, 11) is 0. The smallest absolute Gasteiger partial charge is 0.307 e. The van der Waals surface area contributed by atoms with Crippen LogP contribution in [0.4, 0.5) is 5.69 Å². The number of hydrogen-bond acceptors (Lipinski definition) is 4. The van der Waals surface area contributed by atoms with Crippen molar-refractivity contribution < 1.29 is 14.6 Å². The van der Waals surface area contributed by atoms with Gasteiger partial charge in [-0.3, -0.25) is 9.78 Å². The van der Waals surface area contributed by atoms with E-state index in [1.54, 1.807) is 0 Å². The Morgan fingerprint density at radius 1 is 1.45 bits per heavy atom. The first-order chi connectivity index (χ1) is 10.6. The van der Waals surface area contributed by atoms with Crippen molar-refractivity contribution in [3.05, 3.63) is 35.5 Å². The second-order valence-corrected chi connectivity index (χ2v) is 5.65. The summed E-state index contributed by atoms with van der Waals surface area (Å²) in [5.41, 5.74) is 3.27. The molecule has 0 spiro atoms. The number of hydrogen-bond donors (Lipinski definition) is 2. The molecule has 0 saturated carbocycles. The first-order valence-corrected chi connectivity index (χ1v) is 7.60. The van der Waals surface area contributed by atoms with Gasteiger partial charge in [-0.25, -0.2) is 0 Å². The maximum atomic E-state index is 11.2. The van der Waals surface area contributed by atoms with Crippen molar-refractivity contribution in [3.8, 4) is 0 Å². The molecule has 1 unspecified atom stereocenters. The van der Waals surface area contributed by atoms with Crippen molar-refractivity contribution >= 4 is 22.6 Å². The number of carbonyl (C=O) groups is 1. The van der Waals surface area contributed by atoms with Crippen LogP contribution in [-0.4, -0.2) is 35.3 Å². The summed E-state index contributed by atoms with van der Waals surface area (Å²) < 4.78 is 5.64. The predicted octanol–water partition coefficient (Wildman–Crippen LogP) is 2.76. The molecule has 2 N–H and O–H groups in total. The minimum Gasteiger partial charge on any atom is -0.481 e. The number of ether oxygens (including phenoxy) is 1. The Kier molecular flexibility index (Phi) is 4.24. The largest absolute Gasteiger partial charge is 0.481 e. The number of carboxylic acids is 1. The molecule has 3 rings (SSSR count). The standard InChI is InChI=1S/C17H20N2O3/c1-11-14(9-16(20)21)17(18-10-12-5-4-8-22-12)13-6-2-3-7-15(13)19-11/h2-3,6-7,12H,4-5,8-10H2,1H3,(H,18,19)(H,20,21). The first kappa shape index (κ1) is 14.8. The third kappa shape index (κ3) is 3.04. The molecular formula is C17H20N2O3. The number of benzene rings is 1. The second-order valence-electron chi connectivity index (χ2n) is 5.65. The van der Waals surface area contributed by atoms with Crippen LogP contribution in [0.5, 0.6) is 0 Å². The summed E-state index contributed by atoms with van der Waals surface area (Å²) in [6.45, 7) is 3.37. The zero-order valence-corrected chi connectivity index (χ0v) is 12.6. The molecule has 1 saturated heterocycles. The van der Waals surface area contributed by atoms with Crippen molar-refractivity contribution in [2.24, 2.45) is 0 Å². The van der Waals surface area contributed by atoms with E-state index >= 15 is 0 Å². The minimum absolute atomic E-state index is 0.0302. The Morgan fingerprint density at radius 2 is 2.27 bits per heavy atom. The van der Waals surface area contributed by atoms with Crippen LogP contribution in [0.3, 0.4) is 0 Å². The van der Waals surface area contributed by atoms with Gasteiger partial charge in [0.2, 0.25) is 0 Å². The number of nitrogens with zero attached hydrogens (tertiary/aromatic N) is 1. The topological polar surface area (TPSA) is 71.5 Å². The summed E-state index contributed by atoms with van der Waals surface area (Å²) >= 11 is 0. The summed E-state index contributed by atoms with van der Waals surface area (Å²) in [6.07, 6.45) is 2.30. The lowest BCUT2D eigenvalue weighted by Gasteiger charge is -2.18. The van der Waals surface area contributed by atoms with Gasteiger partial charge in [-0.2, -0.15) is 0 Å². The number of pyridine rings is 1. The molecule has 2 aromatic rings. The predicted molar refractivity (Wildman–Crippen MR) is 85.3 cm³/mol. The Hall–Kier alpha value is -2.14. The van der Waals surface area contributed by atoms with Gasteiger partial charge >= 0.3 is 5.97 Å². The summed E-state index contributed by atoms with van der Waals surface area (Å²) in [5.74, 6) is -0.847. The van der Waals surface area contributed by atoms with E-state index in [4.69, 9.17) is 4.74 Å². The number of aryl methyl sites for hydroxylation is 1. The van der Waals surface area contributed by atoms with E-state index in [0.29, 0.717) is 6.54 Å². The average molecular weight is 300 g/mol. The van der Waals surface area contributed by atoms with Crippen LogP contribution in [0.2, 0.25) is 0 Å². The lowest BCUT2D eigenvalue weighted by Crippen LogP contribution is -2.20. The molecule has 1 fully saturated rings. The fraction of sp³-hybridized carbons (Fsp3) is 0.412. The highest BCUT2D eigenvalue weighted by atomic mass is 16.5. The molecule has 0 bridgehead atoms. The zero-order chi connectivity index (χ0) is 15.5. The molecule has 22 heavy (non-hydrogen) atoms. The molecule has 1 aliphatic rings. The number of aliphatic carboxylic acids is 1. The minimum atomic E-state index is -0.847. The van der Waals surface area contributed by atoms with E-state index in [1.807, 2.05) is 31.2 Å². The van der Waals surface area contributed by atoms with E-state index in [2.05, 4.69) is 10.3 Å². The molecular weight excluding hydrogens is 280 g/mol. The number of aromatic nitrogens is 1.